The zero-order valence-corrected chi connectivity index (χ0v) is 23.0. The molecule has 3 amide bonds. The van der Waals surface area contributed by atoms with Gasteiger partial charge >= 0.3 is 6.61 Å². The van der Waals surface area contributed by atoms with Gasteiger partial charge in [-0.05, 0) is 42.5 Å². The van der Waals surface area contributed by atoms with Gasteiger partial charge in [-0.25, -0.2) is 0 Å². The Morgan fingerprint density at radius 3 is 2.40 bits per heavy atom. The molecule has 0 radical (unpaired) electrons. The number of ether oxygens (including phenoxy) is 2. The van der Waals surface area contributed by atoms with Crippen LogP contribution in [0.15, 0.2) is 66.0 Å². The van der Waals surface area contributed by atoms with Crippen LogP contribution in [-0.4, -0.2) is 72.0 Å². The number of aliphatic hydroxyl groups is 1. The number of hydrogen-bond acceptors (Lipinski definition) is 8. The van der Waals surface area contributed by atoms with Crippen LogP contribution in [0, 0.1) is 5.41 Å². The van der Waals surface area contributed by atoms with Gasteiger partial charge in [0.05, 0.1) is 25.3 Å². The van der Waals surface area contributed by atoms with Crippen LogP contribution in [0.25, 0.3) is 0 Å². The average Bonchev–Trinajstić information content (AvgIpc) is 3.63. The first-order valence-corrected chi connectivity index (χ1v) is 13.7. The standard InChI is InChI=1S/C28H29F2N5O6S/c29-28(30)41-20-11-22(27(39)34-21(14-36)23-10-17(15-42-23)25(31)32)35(13-20)24(37)12-33-26(38)16-6-8-19(9-7-16)40-18-4-2-1-3-5-18/h1-10,15,20-22,28,36H,11-14H2,(H3,31,32)(H,33,38)(H,34,39)/t20-,21?,22+/m1/s1. The third-order valence-electron chi connectivity index (χ3n) is 6.45. The van der Waals surface area contributed by atoms with Crippen LogP contribution in [0.3, 0.4) is 0 Å². The molecule has 4 rings (SSSR count). The number of aliphatic hydroxyl groups excluding tert-OH is 1. The molecule has 3 atom stereocenters. The minimum atomic E-state index is -3.11. The summed E-state index contributed by atoms with van der Waals surface area (Å²) in [6, 6.07) is 14.8. The van der Waals surface area contributed by atoms with E-state index < -0.39 is 55.7 Å². The molecule has 222 valence electrons. The third-order valence-corrected chi connectivity index (χ3v) is 7.50. The first-order chi connectivity index (χ1) is 20.1. The number of nitrogen functional groups attached to an aromatic ring is 1. The van der Waals surface area contributed by atoms with Crippen LogP contribution in [0.5, 0.6) is 11.5 Å². The maximum atomic E-state index is 13.2. The Kier molecular flexibility index (Phi) is 10.2. The van der Waals surface area contributed by atoms with Crippen LogP contribution in [-0.2, 0) is 14.3 Å². The molecule has 1 aromatic heterocycles. The van der Waals surface area contributed by atoms with Gasteiger partial charge < -0.3 is 35.8 Å². The summed E-state index contributed by atoms with van der Waals surface area (Å²) in [5.41, 5.74) is 6.15. The Bertz CT molecular complexity index is 1410. The molecule has 0 saturated carbocycles. The normalized spacial score (nSPS) is 17.1. The van der Waals surface area contributed by atoms with Gasteiger partial charge in [0.25, 0.3) is 5.91 Å². The summed E-state index contributed by atoms with van der Waals surface area (Å²) in [4.78, 5) is 40.5. The minimum absolute atomic E-state index is 0.182. The van der Waals surface area contributed by atoms with Crippen molar-refractivity contribution >= 4 is 34.9 Å². The average molecular weight is 602 g/mol. The van der Waals surface area contributed by atoms with Crippen molar-refractivity contribution in [3.63, 3.8) is 0 Å². The SMILES string of the molecule is N=C(N)c1csc(C(CO)NC(=O)[C@@H]2C[C@@H](OC(F)F)CN2C(=O)CNC(=O)c2ccc(Oc3ccccc3)cc2)c1. The number of carbonyl (C=O) groups excluding carboxylic acids is 3. The minimum Gasteiger partial charge on any atom is -0.457 e. The number of para-hydroxylation sites is 1. The van der Waals surface area contributed by atoms with Crippen molar-refractivity contribution in [2.45, 2.75) is 31.2 Å². The van der Waals surface area contributed by atoms with Crippen LogP contribution >= 0.6 is 11.3 Å². The summed E-state index contributed by atoms with van der Waals surface area (Å²) in [6.07, 6.45) is -1.32. The van der Waals surface area contributed by atoms with E-state index in [0.29, 0.717) is 21.9 Å². The Hall–Kier alpha value is -4.40. The van der Waals surface area contributed by atoms with Crippen molar-refractivity contribution in [2.24, 2.45) is 5.73 Å². The summed E-state index contributed by atoms with van der Waals surface area (Å²) >= 11 is 1.17. The van der Waals surface area contributed by atoms with Crippen molar-refractivity contribution in [2.75, 3.05) is 19.7 Å². The number of amidine groups is 1. The Morgan fingerprint density at radius 1 is 1.10 bits per heavy atom. The molecule has 3 aromatic rings. The lowest BCUT2D eigenvalue weighted by Crippen LogP contribution is -2.49. The first kappa shape index (κ1) is 30.6. The van der Waals surface area contributed by atoms with Gasteiger partial charge in [-0.1, -0.05) is 18.2 Å². The number of thiophene rings is 1. The second kappa shape index (κ2) is 14.0. The lowest BCUT2D eigenvalue weighted by atomic mass is 10.1. The van der Waals surface area contributed by atoms with E-state index in [2.05, 4.69) is 15.4 Å². The van der Waals surface area contributed by atoms with Gasteiger partial charge in [-0.3, -0.25) is 19.8 Å². The molecule has 1 fully saturated rings. The van der Waals surface area contributed by atoms with Crippen molar-refractivity contribution in [3.8, 4) is 11.5 Å². The summed E-state index contributed by atoms with van der Waals surface area (Å²) in [5.74, 6) is -0.983. The van der Waals surface area contributed by atoms with Gasteiger partial charge in [0.2, 0.25) is 11.8 Å². The number of nitrogens with one attached hydrogen (secondary N) is 3. The maximum Gasteiger partial charge on any atom is 0.345 e. The number of amides is 3. The zero-order valence-electron chi connectivity index (χ0n) is 22.2. The van der Waals surface area contributed by atoms with E-state index in [1.54, 1.807) is 35.7 Å². The number of halogens is 2. The lowest BCUT2D eigenvalue weighted by Gasteiger charge is -2.25. The number of nitrogens with zero attached hydrogens (tertiary/aromatic N) is 1. The summed E-state index contributed by atoms with van der Waals surface area (Å²) in [5, 5.41) is 24.1. The van der Waals surface area contributed by atoms with Gasteiger partial charge in [-0.15, -0.1) is 11.3 Å². The number of carbonyl (C=O) groups is 3. The topological polar surface area (TPSA) is 167 Å². The molecule has 11 nitrogen and oxygen atoms in total. The number of nitrogens with two attached hydrogens (primary N) is 1. The molecule has 0 aliphatic carbocycles. The van der Waals surface area contributed by atoms with E-state index in [1.807, 2.05) is 18.2 Å². The molecule has 1 aliphatic rings. The molecule has 0 spiro atoms. The Balaban J connectivity index is 1.38. The van der Waals surface area contributed by atoms with Crippen molar-refractivity contribution in [1.29, 1.82) is 5.41 Å². The molecule has 14 heteroatoms. The van der Waals surface area contributed by atoms with Crippen LogP contribution < -0.4 is 21.1 Å². The predicted octanol–water partition coefficient (Wildman–Crippen LogP) is 2.61. The summed E-state index contributed by atoms with van der Waals surface area (Å²) in [6.45, 7) is -4.39. The van der Waals surface area contributed by atoms with E-state index in [0.717, 1.165) is 4.90 Å². The van der Waals surface area contributed by atoms with E-state index in [1.165, 1.54) is 23.5 Å². The van der Waals surface area contributed by atoms with E-state index in [9.17, 15) is 28.3 Å². The van der Waals surface area contributed by atoms with Gasteiger partial charge in [0.1, 0.15) is 23.4 Å². The number of likely N-dealkylation sites (tertiary alicyclic amines) is 1. The van der Waals surface area contributed by atoms with Crippen LogP contribution in [0.4, 0.5) is 8.78 Å². The number of benzene rings is 2. The highest BCUT2D eigenvalue weighted by Crippen LogP contribution is 2.26. The molecule has 1 aliphatic heterocycles. The van der Waals surface area contributed by atoms with E-state index in [-0.39, 0.29) is 24.4 Å². The van der Waals surface area contributed by atoms with Crippen LogP contribution in [0.2, 0.25) is 0 Å². The molecule has 2 heterocycles. The molecule has 0 bridgehead atoms. The second-order valence-electron chi connectivity index (χ2n) is 9.33. The number of hydrogen-bond donors (Lipinski definition) is 5. The summed E-state index contributed by atoms with van der Waals surface area (Å²) in [7, 11) is 0. The maximum absolute atomic E-state index is 13.2. The van der Waals surface area contributed by atoms with Crippen molar-refractivity contribution in [1.82, 2.24) is 15.5 Å². The summed E-state index contributed by atoms with van der Waals surface area (Å²) < 4.78 is 36.2. The molecular weight excluding hydrogens is 572 g/mol. The highest BCUT2D eigenvalue weighted by Gasteiger charge is 2.41. The Morgan fingerprint density at radius 2 is 1.79 bits per heavy atom. The largest absolute Gasteiger partial charge is 0.457 e. The van der Waals surface area contributed by atoms with E-state index in [4.69, 9.17) is 15.9 Å². The fraction of sp³-hybridized carbons (Fsp3) is 0.286. The molecule has 1 saturated heterocycles. The number of alkyl halides is 2. The molecule has 2 aromatic carbocycles. The second-order valence-corrected chi connectivity index (χ2v) is 10.3. The van der Waals surface area contributed by atoms with Gasteiger partial charge in [0.15, 0.2) is 0 Å². The van der Waals surface area contributed by atoms with Crippen molar-refractivity contribution in [3.05, 3.63) is 82.0 Å². The molecule has 6 N–H and O–H groups in total. The fourth-order valence-electron chi connectivity index (χ4n) is 4.38. The van der Waals surface area contributed by atoms with E-state index >= 15 is 0 Å². The monoisotopic (exact) mass is 601 g/mol. The fourth-order valence-corrected chi connectivity index (χ4v) is 5.33. The predicted molar refractivity (Wildman–Crippen MR) is 150 cm³/mol. The lowest BCUT2D eigenvalue weighted by molar-refractivity contribution is -0.160. The molecular formula is C28H29F2N5O6S. The Labute approximate surface area is 243 Å². The highest BCUT2D eigenvalue weighted by atomic mass is 32.1. The third kappa shape index (κ3) is 7.87. The number of rotatable bonds is 12. The highest BCUT2D eigenvalue weighted by molar-refractivity contribution is 7.10. The smallest absolute Gasteiger partial charge is 0.345 e. The zero-order chi connectivity index (χ0) is 30.2. The van der Waals surface area contributed by atoms with Crippen molar-refractivity contribution < 1.29 is 37.7 Å². The van der Waals surface area contributed by atoms with Gasteiger partial charge in [0, 0.05) is 34.3 Å². The van der Waals surface area contributed by atoms with Crippen LogP contribution in [0.1, 0.15) is 33.3 Å². The molecule has 42 heavy (non-hydrogen) atoms. The first-order valence-electron chi connectivity index (χ1n) is 12.8. The molecule has 1 unspecified atom stereocenters. The quantitative estimate of drug-likeness (QED) is 0.157. The van der Waals surface area contributed by atoms with Gasteiger partial charge in [-0.2, -0.15) is 8.78 Å².